The van der Waals surface area contributed by atoms with Gasteiger partial charge < -0.3 is 23.4 Å². The molecule has 8 nitrogen and oxygen atoms in total. The molecule has 0 aliphatic carbocycles. The van der Waals surface area contributed by atoms with Gasteiger partial charge in [-0.15, -0.1) is 0 Å². The molecule has 0 aromatic carbocycles. The van der Waals surface area contributed by atoms with Crippen LogP contribution in [0.3, 0.4) is 0 Å². The van der Waals surface area contributed by atoms with Crippen LogP contribution in [-0.2, 0) is 47.7 Å². The number of aryl methyl sites for hydroxylation is 1. The van der Waals surface area contributed by atoms with Gasteiger partial charge in [0.25, 0.3) is 0 Å². The minimum atomic E-state index is -1.82. The van der Waals surface area contributed by atoms with Gasteiger partial charge in [0.2, 0.25) is 0 Å². The Morgan fingerprint density at radius 2 is 1.55 bits per heavy atom. The number of aromatic nitrogens is 2. The fraction of sp³-hybridized carbons (Fsp3) is 0.833. The average Bonchev–Trinajstić information content (AvgIpc) is 3.08. The van der Waals surface area contributed by atoms with Crippen molar-refractivity contribution in [1.82, 2.24) is 9.78 Å². The molecule has 0 spiro atoms. The summed E-state index contributed by atoms with van der Waals surface area (Å²) in [7, 11) is -1.82. The van der Waals surface area contributed by atoms with Gasteiger partial charge in [0.05, 0.1) is 57.6 Å². The number of esters is 1. The lowest BCUT2D eigenvalue weighted by atomic mass is 10.2. The summed E-state index contributed by atoms with van der Waals surface area (Å²) in [6.07, 6.45) is 0.894. The molecular weight excluding hydrogens is 440 g/mol. The fourth-order valence-corrected chi connectivity index (χ4v) is 3.53. The number of rotatable bonds is 15. The predicted molar refractivity (Wildman–Crippen MR) is 132 cm³/mol. The molecule has 33 heavy (non-hydrogen) atoms. The Kier molecular flexibility index (Phi) is 12.3. The molecule has 0 saturated heterocycles. The van der Waals surface area contributed by atoms with E-state index in [1.807, 2.05) is 25.5 Å². The Hall–Kier alpha value is -1.26. The monoisotopic (exact) mass is 486 g/mol. The van der Waals surface area contributed by atoms with Gasteiger partial charge in [-0.3, -0.25) is 4.68 Å². The first-order chi connectivity index (χ1) is 15.2. The Labute approximate surface area is 201 Å². The molecule has 0 saturated carbocycles. The van der Waals surface area contributed by atoms with Gasteiger partial charge in [0.15, 0.2) is 8.32 Å². The van der Waals surface area contributed by atoms with Crippen LogP contribution in [0, 0.1) is 0 Å². The maximum absolute atomic E-state index is 11.5. The first-order valence-electron chi connectivity index (χ1n) is 11.9. The van der Waals surface area contributed by atoms with Crippen molar-refractivity contribution < 1.29 is 28.2 Å². The molecule has 0 N–H and O–H groups in total. The highest BCUT2D eigenvalue weighted by Crippen LogP contribution is 2.37. The second-order valence-corrected chi connectivity index (χ2v) is 15.4. The van der Waals surface area contributed by atoms with Gasteiger partial charge in [-0.25, -0.2) is 4.79 Å². The van der Waals surface area contributed by atoms with Gasteiger partial charge in [-0.1, -0.05) is 27.7 Å². The molecule has 0 fully saturated rings. The Morgan fingerprint density at radius 1 is 0.970 bits per heavy atom. The van der Waals surface area contributed by atoms with Gasteiger partial charge >= 0.3 is 5.97 Å². The summed E-state index contributed by atoms with van der Waals surface area (Å²) < 4.78 is 30.0. The maximum atomic E-state index is 11.5. The molecule has 0 radical (unpaired) electrons. The number of ether oxygens (including phenoxy) is 4. The summed E-state index contributed by atoms with van der Waals surface area (Å²) in [6.45, 7) is 22.3. The number of carbonyl (C=O) groups is 1. The van der Waals surface area contributed by atoms with Crippen molar-refractivity contribution in [1.29, 1.82) is 0 Å². The van der Waals surface area contributed by atoms with Gasteiger partial charge in [0, 0.05) is 0 Å². The largest absolute Gasteiger partial charge is 0.458 e. The van der Waals surface area contributed by atoms with Gasteiger partial charge in [-0.2, -0.15) is 5.10 Å². The van der Waals surface area contributed by atoms with E-state index in [0.29, 0.717) is 46.2 Å². The Bertz CT molecular complexity index is 707. The van der Waals surface area contributed by atoms with Crippen LogP contribution in [0.1, 0.15) is 59.9 Å². The van der Waals surface area contributed by atoms with Crippen LogP contribution in [0.15, 0.2) is 6.07 Å². The first kappa shape index (κ1) is 29.8. The minimum Gasteiger partial charge on any atom is -0.458 e. The molecular formula is C24H46N2O6Si. The van der Waals surface area contributed by atoms with Crippen molar-refractivity contribution in [2.45, 2.75) is 91.8 Å². The number of hydrogen-bond donors (Lipinski definition) is 0. The van der Waals surface area contributed by atoms with Crippen LogP contribution < -0.4 is 0 Å². The van der Waals surface area contributed by atoms with Crippen molar-refractivity contribution in [2.24, 2.45) is 0 Å². The van der Waals surface area contributed by atoms with E-state index in [9.17, 15) is 4.79 Å². The third-order valence-electron chi connectivity index (χ3n) is 5.49. The maximum Gasteiger partial charge on any atom is 0.332 e. The lowest BCUT2D eigenvalue weighted by Gasteiger charge is -2.36. The first-order valence-corrected chi connectivity index (χ1v) is 14.8. The standard InChI is InChI=1S/C24H46N2O6Si/c1-10-20-17-21(18-31-33(8,9)24(5,6)7)26(25-20)11-12-28-13-14-29-15-16-30-19-22(27)32-23(2,3)4/h17H,10-16,18-19H2,1-9H3. The SMILES string of the molecule is CCc1cc(CO[Si](C)(C)C(C)(C)C)n(CCOCCOCCOCC(=O)OC(C)(C)C)n1. The number of hydrogen-bond acceptors (Lipinski definition) is 7. The highest BCUT2D eigenvalue weighted by molar-refractivity contribution is 6.74. The van der Waals surface area contributed by atoms with Crippen molar-refractivity contribution in [3.05, 3.63) is 17.5 Å². The van der Waals surface area contributed by atoms with E-state index < -0.39 is 13.9 Å². The van der Waals surface area contributed by atoms with Crippen LogP contribution in [-0.4, -0.2) is 69.3 Å². The van der Waals surface area contributed by atoms with Gasteiger partial charge in [0.1, 0.15) is 12.2 Å². The topological polar surface area (TPSA) is 81.0 Å². The van der Waals surface area contributed by atoms with E-state index in [0.717, 1.165) is 17.8 Å². The fourth-order valence-electron chi connectivity index (χ4n) is 2.59. The van der Waals surface area contributed by atoms with Crippen LogP contribution in [0.5, 0.6) is 0 Å². The van der Waals surface area contributed by atoms with E-state index in [1.165, 1.54) is 0 Å². The summed E-state index contributed by atoms with van der Waals surface area (Å²) in [5, 5.41) is 4.86. The average molecular weight is 487 g/mol. The molecule has 1 aromatic heterocycles. The molecule has 1 aromatic rings. The lowest BCUT2D eigenvalue weighted by Crippen LogP contribution is -2.40. The lowest BCUT2D eigenvalue weighted by molar-refractivity contribution is -0.160. The molecule has 0 amide bonds. The molecule has 0 atom stereocenters. The van der Waals surface area contributed by atoms with Crippen LogP contribution in [0.2, 0.25) is 18.1 Å². The van der Waals surface area contributed by atoms with Crippen molar-refractivity contribution >= 4 is 14.3 Å². The van der Waals surface area contributed by atoms with E-state index in [-0.39, 0.29) is 17.6 Å². The third kappa shape index (κ3) is 12.1. The van der Waals surface area contributed by atoms with Crippen molar-refractivity contribution in [3.63, 3.8) is 0 Å². The zero-order valence-electron chi connectivity index (χ0n) is 22.3. The molecule has 1 rings (SSSR count). The molecule has 0 aliphatic rings. The Morgan fingerprint density at radius 3 is 2.09 bits per heavy atom. The molecule has 0 aliphatic heterocycles. The highest BCUT2D eigenvalue weighted by Gasteiger charge is 2.37. The van der Waals surface area contributed by atoms with E-state index in [2.05, 4.69) is 52.0 Å². The van der Waals surface area contributed by atoms with Crippen LogP contribution in [0.4, 0.5) is 0 Å². The van der Waals surface area contributed by atoms with E-state index in [4.69, 9.17) is 23.4 Å². The quantitative estimate of drug-likeness (QED) is 0.207. The van der Waals surface area contributed by atoms with E-state index in [1.54, 1.807) is 0 Å². The second-order valence-electron chi connectivity index (χ2n) is 10.6. The number of carbonyl (C=O) groups excluding carboxylic acids is 1. The predicted octanol–water partition coefficient (Wildman–Crippen LogP) is 4.36. The molecule has 9 heteroatoms. The van der Waals surface area contributed by atoms with Gasteiger partial charge in [-0.05, 0) is 51.4 Å². The zero-order valence-corrected chi connectivity index (χ0v) is 23.3. The summed E-state index contributed by atoms with van der Waals surface area (Å²) >= 11 is 0. The van der Waals surface area contributed by atoms with E-state index >= 15 is 0 Å². The second kappa shape index (κ2) is 13.6. The molecule has 192 valence electrons. The molecule has 0 bridgehead atoms. The van der Waals surface area contributed by atoms with Crippen molar-refractivity contribution in [3.8, 4) is 0 Å². The third-order valence-corrected chi connectivity index (χ3v) is 9.97. The smallest absolute Gasteiger partial charge is 0.332 e. The van der Waals surface area contributed by atoms with Crippen LogP contribution in [0.25, 0.3) is 0 Å². The minimum absolute atomic E-state index is 0.0672. The summed E-state index contributed by atoms with van der Waals surface area (Å²) in [6, 6.07) is 2.13. The highest BCUT2D eigenvalue weighted by atomic mass is 28.4. The summed E-state index contributed by atoms with van der Waals surface area (Å²) in [5.74, 6) is -0.371. The normalized spacial score (nSPS) is 12.9. The van der Waals surface area contributed by atoms with Crippen molar-refractivity contribution in [2.75, 3.05) is 39.6 Å². The van der Waals surface area contributed by atoms with Crippen LogP contribution >= 0.6 is 0 Å². The Balaban J connectivity index is 2.24. The molecule has 0 unspecified atom stereocenters. The summed E-state index contributed by atoms with van der Waals surface area (Å²) in [5.41, 5.74) is 1.67. The zero-order chi connectivity index (χ0) is 25.1. The molecule has 1 heterocycles. The summed E-state index contributed by atoms with van der Waals surface area (Å²) in [4.78, 5) is 11.5. The number of nitrogens with zero attached hydrogens (tertiary/aromatic N) is 2.